The fraction of sp³-hybridized carbons (Fsp3) is 0.222. The molecule has 0 amide bonds. The minimum Gasteiger partial charge on any atom is -0.192 e. The summed E-state index contributed by atoms with van der Waals surface area (Å²) in [5.74, 6) is 6.36. The lowest BCUT2D eigenvalue weighted by Gasteiger charge is -2.04. The van der Waals surface area contributed by atoms with Crippen molar-refractivity contribution in [2.45, 2.75) is 39.5 Å². The van der Waals surface area contributed by atoms with E-state index < -0.39 is 0 Å². The highest BCUT2D eigenvalue weighted by Gasteiger charge is 2.02. The fourth-order valence-electron chi connectivity index (χ4n) is 3.15. The summed E-state index contributed by atoms with van der Waals surface area (Å²) in [6, 6.07) is 25.3. The normalized spacial score (nSPS) is 10.0. The standard InChI is InChI=1S/C27H25N/c1-3-5-6-23-12-18-26(27(19-23)20-28)17-11-22-9-15-25(16-10-22)24-13-7-21(4-2)8-14-24/h7-10,12-16,18-19H,3-6H2,1-2H3. The Morgan fingerprint density at radius 3 is 1.96 bits per heavy atom. The number of benzene rings is 3. The maximum atomic E-state index is 9.45. The monoisotopic (exact) mass is 363 g/mol. The van der Waals surface area contributed by atoms with Crippen LogP contribution in [0.1, 0.15) is 54.5 Å². The van der Waals surface area contributed by atoms with Crippen LogP contribution in [0.25, 0.3) is 11.1 Å². The average molecular weight is 364 g/mol. The Morgan fingerprint density at radius 2 is 1.36 bits per heavy atom. The van der Waals surface area contributed by atoms with Gasteiger partial charge in [0.2, 0.25) is 0 Å². The van der Waals surface area contributed by atoms with Gasteiger partial charge in [0.05, 0.1) is 5.56 Å². The molecule has 0 unspecified atom stereocenters. The Bertz CT molecular complexity index is 1020. The largest absolute Gasteiger partial charge is 0.192 e. The SMILES string of the molecule is CCCCc1ccc(C#Cc2ccc(-c3ccc(CC)cc3)cc2)c(C#N)c1. The molecular formula is C27H25N. The molecule has 0 aliphatic carbocycles. The van der Waals surface area contributed by atoms with E-state index in [4.69, 9.17) is 0 Å². The zero-order chi connectivity index (χ0) is 19.8. The molecule has 0 aromatic heterocycles. The van der Waals surface area contributed by atoms with E-state index in [-0.39, 0.29) is 0 Å². The van der Waals surface area contributed by atoms with Crippen molar-refractivity contribution in [3.05, 3.63) is 94.5 Å². The number of rotatable bonds is 5. The second kappa shape index (κ2) is 9.59. The summed E-state index contributed by atoms with van der Waals surface area (Å²) in [6.45, 7) is 4.34. The van der Waals surface area contributed by atoms with E-state index in [9.17, 15) is 5.26 Å². The van der Waals surface area contributed by atoms with Crippen LogP contribution in [0.2, 0.25) is 0 Å². The lowest BCUT2D eigenvalue weighted by molar-refractivity contribution is 0.795. The maximum Gasteiger partial charge on any atom is 0.100 e. The summed E-state index contributed by atoms with van der Waals surface area (Å²) >= 11 is 0. The van der Waals surface area contributed by atoms with Gasteiger partial charge >= 0.3 is 0 Å². The van der Waals surface area contributed by atoms with Crippen LogP contribution in [-0.4, -0.2) is 0 Å². The quantitative estimate of drug-likeness (QED) is 0.473. The first-order chi connectivity index (χ1) is 13.7. The van der Waals surface area contributed by atoms with Crippen LogP contribution >= 0.6 is 0 Å². The van der Waals surface area contributed by atoms with Crippen LogP contribution in [0, 0.1) is 23.2 Å². The van der Waals surface area contributed by atoms with Gasteiger partial charge in [-0.15, -0.1) is 0 Å². The highest BCUT2D eigenvalue weighted by atomic mass is 14.2. The van der Waals surface area contributed by atoms with Gasteiger partial charge < -0.3 is 0 Å². The molecule has 0 spiro atoms. The van der Waals surface area contributed by atoms with Crippen LogP contribution in [0.4, 0.5) is 0 Å². The van der Waals surface area contributed by atoms with Crippen LogP contribution in [0.15, 0.2) is 66.7 Å². The summed E-state index contributed by atoms with van der Waals surface area (Å²) in [5.41, 5.74) is 7.36. The summed E-state index contributed by atoms with van der Waals surface area (Å²) in [4.78, 5) is 0. The molecule has 138 valence electrons. The maximum absolute atomic E-state index is 9.45. The molecule has 0 N–H and O–H groups in total. The van der Waals surface area contributed by atoms with Gasteiger partial charge in [0.15, 0.2) is 0 Å². The Kier molecular flexibility index (Phi) is 6.67. The van der Waals surface area contributed by atoms with E-state index in [0.717, 1.165) is 36.8 Å². The van der Waals surface area contributed by atoms with E-state index in [1.54, 1.807) is 0 Å². The molecule has 1 nitrogen and oxygen atoms in total. The minimum absolute atomic E-state index is 0.661. The Morgan fingerprint density at radius 1 is 0.714 bits per heavy atom. The summed E-state index contributed by atoms with van der Waals surface area (Å²) in [6.07, 6.45) is 4.37. The van der Waals surface area contributed by atoms with Crippen LogP contribution in [-0.2, 0) is 12.8 Å². The third-order valence-corrected chi connectivity index (χ3v) is 4.95. The average Bonchev–Trinajstić information content (AvgIpc) is 2.77. The third kappa shape index (κ3) is 4.91. The molecule has 0 heterocycles. The Balaban J connectivity index is 1.77. The van der Waals surface area contributed by atoms with Gasteiger partial charge in [-0.1, -0.05) is 74.6 Å². The minimum atomic E-state index is 0.661. The van der Waals surface area contributed by atoms with E-state index in [1.165, 1.54) is 22.3 Å². The zero-order valence-corrected chi connectivity index (χ0v) is 16.6. The van der Waals surface area contributed by atoms with Gasteiger partial charge in [-0.05, 0) is 65.8 Å². The van der Waals surface area contributed by atoms with E-state index >= 15 is 0 Å². The summed E-state index contributed by atoms with van der Waals surface area (Å²) in [7, 11) is 0. The number of unbranched alkanes of at least 4 members (excludes halogenated alkanes) is 1. The predicted octanol–water partition coefficient (Wildman–Crippen LogP) is 6.53. The van der Waals surface area contributed by atoms with Crippen molar-refractivity contribution in [3.63, 3.8) is 0 Å². The second-order valence-electron chi connectivity index (χ2n) is 6.97. The first-order valence-corrected chi connectivity index (χ1v) is 9.98. The van der Waals surface area contributed by atoms with Crippen molar-refractivity contribution in [2.24, 2.45) is 0 Å². The second-order valence-corrected chi connectivity index (χ2v) is 6.97. The van der Waals surface area contributed by atoms with Crippen LogP contribution in [0.5, 0.6) is 0 Å². The van der Waals surface area contributed by atoms with Gasteiger partial charge in [0, 0.05) is 11.1 Å². The molecule has 1 heteroatoms. The molecule has 0 saturated heterocycles. The molecule has 0 atom stereocenters. The number of hydrogen-bond donors (Lipinski definition) is 0. The topological polar surface area (TPSA) is 23.8 Å². The molecule has 0 aliphatic heterocycles. The zero-order valence-electron chi connectivity index (χ0n) is 16.6. The predicted molar refractivity (Wildman–Crippen MR) is 117 cm³/mol. The molecule has 0 saturated carbocycles. The number of hydrogen-bond acceptors (Lipinski definition) is 1. The Labute approximate surface area is 168 Å². The van der Waals surface area contributed by atoms with Crippen molar-refractivity contribution in [1.29, 1.82) is 5.26 Å². The lowest BCUT2D eigenvalue weighted by atomic mass is 10.0. The van der Waals surface area contributed by atoms with E-state index in [2.05, 4.69) is 74.2 Å². The van der Waals surface area contributed by atoms with Crippen molar-refractivity contribution < 1.29 is 0 Å². The van der Waals surface area contributed by atoms with Crippen molar-refractivity contribution in [2.75, 3.05) is 0 Å². The highest BCUT2D eigenvalue weighted by molar-refractivity contribution is 5.65. The third-order valence-electron chi connectivity index (χ3n) is 4.95. The van der Waals surface area contributed by atoms with Crippen molar-refractivity contribution >= 4 is 0 Å². The van der Waals surface area contributed by atoms with Crippen LogP contribution in [0.3, 0.4) is 0 Å². The van der Waals surface area contributed by atoms with Gasteiger partial charge in [-0.2, -0.15) is 5.26 Å². The van der Waals surface area contributed by atoms with Gasteiger partial charge in [-0.3, -0.25) is 0 Å². The molecule has 3 aromatic carbocycles. The molecule has 0 radical (unpaired) electrons. The Hall–Kier alpha value is -3.29. The van der Waals surface area contributed by atoms with E-state index in [1.807, 2.05) is 24.3 Å². The molecule has 28 heavy (non-hydrogen) atoms. The van der Waals surface area contributed by atoms with E-state index in [0.29, 0.717) is 5.56 Å². The van der Waals surface area contributed by atoms with Gasteiger partial charge in [0.1, 0.15) is 6.07 Å². The molecular weight excluding hydrogens is 338 g/mol. The molecule has 0 bridgehead atoms. The summed E-state index contributed by atoms with van der Waals surface area (Å²) < 4.78 is 0. The van der Waals surface area contributed by atoms with Crippen molar-refractivity contribution in [3.8, 4) is 29.0 Å². The smallest absolute Gasteiger partial charge is 0.100 e. The molecule has 0 fully saturated rings. The van der Waals surface area contributed by atoms with Crippen LogP contribution < -0.4 is 0 Å². The first kappa shape index (κ1) is 19.5. The lowest BCUT2D eigenvalue weighted by Crippen LogP contribution is -1.90. The molecule has 3 aromatic rings. The van der Waals surface area contributed by atoms with Crippen molar-refractivity contribution in [1.82, 2.24) is 0 Å². The highest BCUT2D eigenvalue weighted by Crippen LogP contribution is 2.20. The fourth-order valence-corrected chi connectivity index (χ4v) is 3.15. The molecule has 3 rings (SSSR count). The number of aryl methyl sites for hydroxylation is 2. The first-order valence-electron chi connectivity index (χ1n) is 9.98. The number of nitrogens with zero attached hydrogens (tertiary/aromatic N) is 1. The number of nitriles is 1. The van der Waals surface area contributed by atoms with Gasteiger partial charge in [0.25, 0.3) is 0 Å². The van der Waals surface area contributed by atoms with Gasteiger partial charge in [-0.25, -0.2) is 0 Å². The summed E-state index contributed by atoms with van der Waals surface area (Å²) in [5, 5.41) is 9.45. The molecule has 0 aliphatic rings.